The fourth-order valence-corrected chi connectivity index (χ4v) is 1.69. The SMILES string of the molecule is CCCCC(CC)CCCC(C)=O. The first-order valence-electron chi connectivity index (χ1n) is 5.70. The fraction of sp³-hybridized carbons (Fsp3) is 0.917. The molecule has 0 radical (unpaired) electrons. The molecule has 0 bridgehead atoms. The molecule has 0 aliphatic heterocycles. The Balaban J connectivity index is 3.41. The zero-order valence-corrected chi connectivity index (χ0v) is 9.44. The lowest BCUT2D eigenvalue weighted by atomic mass is 9.93. The lowest BCUT2D eigenvalue weighted by Crippen LogP contribution is -2.00. The van der Waals surface area contributed by atoms with Gasteiger partial charge in [0, 0.05) is 6.42 Å². The molecule has 1 heteroatoms. The molecule has 1 atom stereocenters. The van der Waals surface area contributed by atoms with Gasteiger partial charge >= 0.3 is 0 Å². The van der Waals surface area contributed by atoms with Crippen LogP contribution >= 0.6 is 0 Å². The number of rotatable bonds is 8. The van der Waals surface area contributed by atoms with E-state index in [-0.39, 0.29) is 0 Å². The molecule has 0 aromatic carbocycles. The molecule has 0 aliphatic rings. The minimum absolute atomic E-state index is 0.338. The van der Waals surface area contributed by atoms with Gasteiger partial charge in [-0.25, -0.2) is 0 Å². The molecule has 0 aliphatic carbocycles. The molecular formula is C12H24O. The summed E-state index contributed by atoms with van der Waals surface area (Å²) in [7, 11) is 0. The van der Waals surface area contributed by atoms with Crippen LogP contribution in [-0.4, -0.2) is 5.78 Å². The summed E-state index contributed by atoms with van der Waals surface area (Å²) in [6.07, 6.45) is 8.39. The summed E-state index contributed by atoms with van der Waals surface area (Å²) in [6.45, 7) is 6.18. The first-order valence-corrected chi connectivity index (χ1v) is 5.70. The lowest BCUT2D eigenvalue weighted by molar-refractivity contribution is -0.117. The number of hydrogen-bond acceptors (Lipinski definition) is 1. The number of Topliss-reactive ketones (excluding diaryl/α,β-unsaturated/α-hetero) is 1. The third-order valence-corrected chi connectivity index (χ3v) is 2.68. The Bertz CT molecular complexity index is 129. The minimum atomic E-state index is 0.338. The summed E-state index contributed by atoms with van der Waals surface area (Å²) in [5.74, 6) is 1.20. The molecule has 13 heavy (non-hydrogen) atoms. The average molecular weight is 184 g/mol. The molecule has 0 aromatic heterocycles. The van der Waals surface area contributed by atoms with Gasteiger partial charge in [-0.1, -0.05) is 46.0 Å². The van der Waals surface area contributed by atoms with E-state index in [4.69, 9.17) is 0 Å². The maximum atomic E-state index is 10.7. The zero-order valence-electron chi connectivity index (χ0n) is 9.44. The molecule has 1 unspecified atom stereocenters. The molecule has 78 valence electrons. The highest BCUT2D eigenvalue weighted by Gasteiger charge is 2.05. The van der Waals surface area contributed by atoms with Gasteiger partial charge in [0.25, 0.3) is 0 Å². The van der Waals surface area contributed by atoms with Crippen LogP contribution in [0, 0.1) is 5.92 Å². The number of hydrogen-bond donors (Lipinski definition) is 0. The second-order valence-electron chi connectivity index (χ2n) is 4.01. The topological polar surface area (TPSA) is 17.1 Å². The van der Waals surface area contributed by atoms with E-state index in [0.717, 1.165) is 18.8 Å². The normalized spacial score (nSPS) is 12.8. The fourth-order valence-electron chi connectivity index (χ4n) is 1.69. The molecule has 0 rings (SSSR count). The Hall–Kier alpha value is -0.330. The second kappa shape index (κ2) is 8.28. The van der Waals surface area contributed by atoms with Crippen LogP contribution < -0.4 is 0 Å². The van der Waals surface area contributed by atoms with Crippen LogP contribution in [0.4, 0.5) is 0 Å². The maximum absolute atomic E-state index is 10.7. The van der Waals surface area contributed by atoms with E-state index in [1.165, 1.54) is 32.1 Å². The van der Waals surface area contributed by atoms with Gasteiger partial charge in [-0.3, -0.25) is 0 Å². The van der Waals surface area contributed by atoms with Gasteiger partial charge in [0.15, 0.2) is 0 Å². The molecule has 0 spiro atoms. The quantitative estimate of drug-likeness (QED) is 0.558. The molecule has 0 saturated heterocycles. The third kappa shape index (κ3) is 8.01. The van der Waals surface area contributed by atoms with Crippen molar-refractivity contribution in [2.24, 2.45) is 5.92 Å². The summed E-state index contributed by atoms with van der Waals surface area (Å²) in [5.41, 5.74) is 0. The molecule has 0 aromatic rings. The van der Waals surface area contributed by atoms with Crippen molar-refractivity contribution in [3.63, 3.8) is 0 Å². The Morgan fingerprint density at radius 2 is 1.77 bits per heavy atom. The highest BCUT2D eigenvalue weighted by atomic mass is 16.1. The van der Waals surface area contributed by atoms with E-state index < -0.39 is 0 Å². The first kappa shape index (κ1) is 12.7. The highest BCUT2D eigenvalue weighted by molar-refractivity contribution is 5.75. The van der Waals surface area contributed by atoms with Crippen LogP contribution in [0.5, 0.6) is 0 Å². The molecule has 0 heterocycles. The van der Waals surface area contributed by atoms with Crippen molar-refractivity contribution in [2.75, 3.05) is 0 Å². The summed E-state index contributed by atoms with van der Waals surface area (Å²) < 4.78 is 0. The van der Waals surface area contributed by atoms with Crippen LogP contribution in [0.3, 0.4) is 0 Å². The smallest absolute Gasteiger partial charge is 0.129 e. The highest BCUT2D eigenvalue weighted by Crippen LogP contribution is 2.19. The van der Waals surface area contributed by atoms with Gasteiger partial charge in [0.05, 0.1) is 0 Å². The van der Waals surface area contributed by atoms with Crippen molar-refractivity contribution in [3.8, 4) is 0 Å². The van der Waals surface area contributed by atoms with Crippen molar-refractivity contribution in [1.29, 1.82) is 0 Å². The van der Waals surface area contributed by atoms with Gasteiger partial charge in [-0.05, 0) is 19.3 Å². The molecule has 0 N–H and O–H groups in total. The van der Waals surface area contributed by atoms with Crippen molar-refractivity contribution in [1.82, 2.24) is 0 Å². The van der Waals surface area contributed by atoms with Crippen LogP contribution in [0.1, 0.15) is 65.7 Å². The predicted molar refractivity (Wildman–Crippen MR) is 57.8 cm³/mol. The number of carbonyl (C=O) groups excluding carboxylic acids is 1. The molecule has 0 amide bonds. The van der Waals surface area contributed by atoms with E-state index in [2.05, 4.69) is 13.8 Å². The number of ketones is 1. The molecule has 0 saturated carbocycles. The Morgan fingerprint density at radius 1 is 1.15 bits per heavy atom. The predicted octanol–water partition coefficient (Wildman–Crippen LogP) is 3.96. The minimum Gasteiger partial charge on any atom is -0.300 e. The molecule has 0 fully saturated rings. The van der Waals surface area contributed by atoms with E-state index >= 15 is 0 Å². The summed E-state index contributed by atoms with van der Waals surface area (Å²) in [6, 6.07) is 0. The Labute approximate surface area is 82.9 Å². The molecular weight excluding hydrogens is 160 g/mol. The first-order chi connectivity index (χ1) is 6.20. The van der Waals surface area contributed by atoms with E-state index in [1.54, 1.807) is 6.92 Å². The van der Waals surface area contributed by atoms with Crippen molar-refractivity contribution < 1.29 is 4.79 Å². The molecule has 1 nitrogen and oxygen atoms in total. The van der Waals surface area contributed by atoms with E-state index in [1.807, 2.05) is 0 Å². The third-order valence-electron chi connectivity index (χ3n) is 2.68. The summed E-state index contributed by atoms with van der Waals surface area (Å²) in [5, 5.41) is 0. The van der Waals surface area contributed by atoms with Crippen molar-refractivity contribution in [3.05, 3.63) is 0 Å². The number of unbranched alkanes of at least 4 members (excludes halogenated alkanes) is 1. The van der Waals surface area contributed by atoms with Crippen LogP contribution in [0.25, 0.3) is 0 Å². The standard InChI is InChI=1S/C12H24O/c1-4-6-9-12(5-2)10-7-8-11(3)13/h12H,4-10H2,1-3H3. The monoisotopic (exact) mass is 184 g/mol. The Morgan fingerprint density at radius 3 is 2.23 bits per heavy atom. The summed E-state index contributed by atoms with van der Waals surface area (Å²) in [4.78, 5) is 10.7. The van der Waals surface area contributed by atoms with Crippen molar-refractivity contribution in [2.45, 2.75) is 65.7 Å². The van der Waals surface area contributed by atoms with Crippen LogP contribution in [-0.2, 0) is 4.79 Å². The van der Waals surface area contributed by atoms with Gasteiger partial charge in [0.1, 0.15) is 5.78 Å². The largest absolute Gasteiger partial charge is 0.300 e. The zero-order chi connectivity index (χ0) is 10.1. The van der Waals surface area contributed by atoms with Crippen molar-refractivity contribution >= 4 is 5.78 Å². The summed E-state index contributed by atoms with van der Waals surface area (Å²) >= 11 is 0. The van der Waals surface area contributed by atoms with Gasteiger partial charge < -0.3 is 4.79 Å². The van der Waals surface area contributed by atoms with E-state index in [9.17, 15) is 4.79 Å². The van der Waals surface area contributed by atoms with Gasteiger partial charge in [-0.2, -0.15) is 0 Å². The lowest BCUT2D eigenvalue weighted by Gasteiger charge is -2.13. The number of carbonyl (C=O) groups is 1. The van der Waals surface area contributed by atoms with Gasteiger partial charge in [-0.15, -0.1) is 0 Å². The second-order valence-corrected chi connectivity index (χ2v) is 4.01. The maximum Gasteiger partial charge on any atom is 0.129 e. The van der Waals surface area contributed by atoms with Gasteiger partial charge in [0.2, 0.25) is 0 Å². The van der Waals surface area contributed by atoms with Crippen LogP contribution in [0.2, 0.25) is 0 Å². The average Bonchev–Trinajstić information content (AvgIpc) is 2.10. The van der Waals surface area contributed by atoms with Crippen LogP contribution in [0.15, 0.2) is 0 Å². The Kier molecular flexibility index (Phi) is 8.07. The van der Waals surface area contributed by atoms with E-state index in [0.29, 0.717) is 5.78 Å².